The maximum absolute atomic E-state index is 11.4. The summed E-state index contributed by atoms with van der Waals surface area (Å²) in [5.74, 6) is 0.0269. The molecule has 0 fully saturated rings. The zero-order chi connectivity index (χ0) is 11.1. The smallest absolute Gasteiger partial charge is 0.242 e. The van der Waals surface area contributed by atoms with E-state index in [2.05, 4.69) is 6.92 Å². The molecule has 3 heteroatoms. The molecule has 0 bridgehead atoms. The van der Waals surface area contributed by atoms with Crippen molar-refractivity contribution < 1.29 is 4.79 Å². The van der Waals surface area contributed by atoms with E-state index >= 15 is 0 Å². The summed E-state index contributed by atoms with van der Waals surface area (Å²) in [6.07, 6.45) is 1.55. The molecular weight excluding hydrogens is 188 g/mol. The van der Waals surface area contributed by atoms with Gasteiger partial charge in [0.25, 0.3) is 0 Å². The predicted octanol–water partition coefficient (Wildman–Crippen LogP) is 1.22. The molecule has 4 N–H and O–H groups in total. The van der Waals surface area contributed by atoms with Crippen molar-refractivity contribution in [1.82, 2.24) is 0 Å². The van der Waals surface area contributed by atoms with Crippen molar-refractivity contribution in [2.45, 2.75) is 31.2 Å². The molecule has 0 radical (unpaired) electrons. The molecule has 15 heavy (non-hydrogen) atoms. The Kier molecular flexibility index (Phi) is 2.27. The molecule has 2 rings (SSSR count). The fraction of sp³-hybridized carbons (Fsp3) is 0.417. The van der Waals surface area contributed by atoms with Gasteiger partial charge in [0.05, 0.1) is 0 Å². The third-order valence-electron chi connectivity index (χ3n) is 3.38. The molecule has 2 atom stereocenters. The van der Waals surface area contributed by atoms with Crippen LogP contribution in [0, 0.1) is 0 Å². The van der Waals surface area contributed by atoms with Crippen molar-refractivity contribution in [3.8, 4) is 0 Å². The summed E-state index contributed by atoms with van der Waals surface area (Å²) in [6, 6.07) is 7.82. The number of amides is 1. The van der Waals surface area contributed by atoms with Crippen LogP contribution >= 0.6 is 0 Å². The van der Waals surface area contributed by atoms with E-state index in [1.54, 1.807) is 0 Å². The van der Waals surface area contributed by atoms with Gasteiger partial charge in [-0.1, -0.05) is 31.2 Å². The van der Waals surface area contributed by atoms with Crippen molar-refractivity contribution in [1.29, 1.82) is 0 Å². The zero-order valence-electron chi connectivity index (χ0n) is 8.86. The van der Waals surface area contributed by atoms with Crippen molar-refractivity contribution >= 4 is 5.91 Å². The SMILES string of the molecule is CC1CCC(N)(C(N)=O)c2ccccc21. The number of hydrogen-bond acceptors (Lipinski definition) is 2. The number of rotatable bonds is 1. The van der Waals surface area contributed by atoms with Crippen LogP contribution in [0.5, 0.6) is 0 Å². The lowest BCUT2D eigenvalue weighted by Gasteiger charge is -2.35. The highest BCUT2D eigenvalue weighted by molar-refractivity contribution is 5.86. The average molecular weight is 204 g/mol. The minimum Gasteiger partial charge on any atom is -0.368 e. The molecule has 1 aromatic rings. The fourth-order valence-corrected chi connectivity index (χ4v) is 2.32. The molecule has 0 heterocycles. The molecular formula is C12H16N2O. The molecule has 1 aromatic carbocycles. The first-order valence-corrected chi connectivity index (χ1v) is 5.24. The van der Waals surface area contributed by atoms with Gasteiger partial charge in [0.15, 0.2) is 0 Å². The minimum atomic E-state index is -0.969. The van der Waals surface area contributed by atoms with E-state index < -0.39 is 11.4 Å². The van der Waals surface area contributed by atoms with Crippen LogP contribution in [0.1, 0.15) is 36.8 Å². The van der Waals surface area contributed by atoms with Crippen LogP contribution in [0.25, 0.3) is 0 Å². The highest BCUT2D eigenvalue weighted by Gasteiger charge is 2.39. The lowest BCUT2D eigenvalue weighted by Crippen LogP contribution is -2.51. The number of carbonyl (C=O) groups is 1. The third kappa shape index (κ3) is 1.43. The Balaban J connectivity index is 2.58. The number of benzene rings is 1. The summed E-state index contributed by atoms with van der Waals surface area (Å²) < 4.78 is 0. The average Bonchev–Trinajstić information content (AvgIpc) is 2.24. The molecule has 0 saturated heterocycles. The summed E-state index contributed by atoms with van der Waals surface area (Å²) in [6.45, 7) is 2.15. The van der Waals surface area contributed by atoms with Gasteiger partial charge in [0, 0.05) is 0 Å². The largest absolute Gasteiger partial charge is 0.368 e. The first-order valence-electron chi connectivity index (χ1n) is 5.24. The van der Waals surface area contributed by atoms with Crippen molar-refractivity contribution in [3.05, 3.63) is 35.4 Å². The Hall–Kier alpha value is -1.35. The maximum atomic E-state index is 11.4. The van der Waals surface area contributed by atoms with Crippen LogP contribution in [0.2, 0.25) is 0 Å². The lowest BCUT2D eigenvalue weighted by atomic mass is 9.72. The second kappa shape index (κ2) is 3.35. The first kappa shape index (κ1) is 10.2. The van der Waals surface area contributed by atoms with Crippen LogP contribution in [-0.4, -0.2) is 5.91 Å². The van der Waals surface area contributed by atoms with Crippen LogP contribution in [0.15, 0.2) is 24.3 Å². The topological polar surface area (TPSA) is 69.1 Å². The summed E-state index contributed by atoms with van der Waals surface area (Å²) in [4.78, 5) is 11.4. The maximum Gasteiger partial charge on any atom is 0.242 e. The Bertz CT molecular complexity index is 402. The molecule has 0 saturated carbocycles. The van der Waals surface area contributed by atoms with Gasteiger partial charge in [-0.05, 0) is 29.9 Å². The molecule has 1 aliphatic carbocycles. The highest BCUT2D eigenvalue weighted by atomic mass is 16.1. The van der Waals surface area contributed by atoms with Crippen LogP contribution < -0.4 is 11.5 Å². The van der Waals surface area contributed by atoms with E-state index in [-0.39, 0.29) is 0 Å². The number of hydrogen-bond donors (Lipinski definition) is 2. The van der Waals surface area contributed by atoms with E-state index in [9.17, 15) is 4.79 Å². The second-order valence-electron chi connectivity index (χ2n) is 4.36. The van der Waals surface area contributed by atoms with E-state index in [0.717, 1.165) is 17.5 Å². The van der Waals surface area contributed by atoms with Gasteiger partial charge in [-0.3, -0.25) is 4.79 Å². The molecule has 1 amide bonds. The normalized spacial score (nSPS) is 29.6. The number of carbonyl (C=O) groups excluding carboxylic acids is 1. The summed E-state index contributed by atoms with van der Waals surface area (Å²) >= 11 is 0. The van der Waals surface area contributed by atoms with E-state index in [0.29, 0.717) is 12.3 Å². The van der Waals surface area contributed by atoms with E-state index in [1.807, 2.05) is 24.3 Å². The standard InChI is InChI=1S/C12H16N2O/c1-8-6-7-12(14,11(13)15)10-5-3-2-4-9(8)10/h2-5,8H,6-7,14H2,1H3,(H2,13,15). The molecule has 0 aliphatic heterocycles. The van der Waals surface area contributed by atoms with E-state index in [1.165, 1.54) is 0 Å². The summed E-state index contributed by atoms with van der Waals surface area (Å²) in [5.41, 5.74) is 12.6. The summed E-state index contributed by atoms with van der Waals surface area (Å²) in [7, 11) is 0. The van der Waals surface area contributed by atoms with Crippen LogP contribution in [0.3, 0.4) is 0 Å². The fourth-order valence-electron chi connectivity index (χ4n) is 2.32. The number of nitrogens with two attached hydrogens (primary N) is 2. The van der Waals surface area contributed by atoms with Crippen molar-refractivity contribution in [3.63, 3.8) is 0 Å². The lowest BCUT2D eigenvalue weighted by molar-refractivity contribution is -0.124. The predicted molar refractivity (Wildman–Crippen MR) is 59.2 cm³/mol. The van der Waals surface area contributed by atoms with Crippen LogP contribution in [0.4, 0.5) is 0 Å². The molecule has 1 aliphatic rings. The number of fused-ring (bicyclic) bond motifs is 1. The van der Waals surface area contributed by atoms with Gasteiger partial charge in [-0.15, -0.1) is 0 Å². The molecule has 3 nitrogen and oxygen atoms in total. The Labute approximate surface area is 89.5 Å². The molecule has 2 unspecified atom stereocenters. The van der Waals surface area contributed by atoms with E-state index in [4.69, 9.17) is 11.5 Å². The van der Waals surface area contributed by atoms with Crippen molar-refractivity contribution in [2.75, 3.05) is 0 Å². The van der Waals surface area contributed by atoms with Gasteiger partial charge in [-0.2, -0.15) is 0 Å². The van der Waals surface area contributed by atoms with Gasteiger partial charge in [0.2, 0.25) is 5.91 Å². The zero-order valence-corrected chi connectivity index (χ0v) is 8.86. The second-order valence-corrected chi connectivity index (χ2v) is 4.36. The first-order chi connectivity index (χ1) is 7.05. The Morgan fingerprint density at radius 3 is 2.80 bits per heavy atom. The monoisotopic (exact) mass is 204 g/mol. The third-order valence-corrected chi connectivity index (χ3v) is 3.38. The highest BCUT2D eigenvalue weighted by Crippen LogP contribution is 2.39. The quantitative estimate of drug-likeness (QED) is 0.722. The van der Waals surface area contributed by atoms with Gasteiger partial charge >= 0.3 is 0 Å². The van der Waals surface area contributed by atoms with Crippen LogP contribution in [-0.2, 0) is 10.3 Å². The van der Waals surface area contributed by atoms with Gasteiger partial charge in [0.1, 0.15) is 5.54 Å². The number of primary amides is 1. The molecule has 0 spiro atoms. The van der Waals surface area contributed by atoms with Gasteiger partial charge < -0.3 is 11.5 Å². The summed E-state index contributed by atoms with van der Waals surface area (Å²) in [5, 5.41) is 0. The van der Waals surface area contributed by atoms with Gasteiger partial charge in [-0.25, -0.2) is 0 Å². The minimum absolute atomic E-state index is 0.429. The Morgan fingerprint density at radius 2 is 2.13 bits per heavy atom. The molecule has 0 aromatic heterocycles. The molecule has 80 valence electrons. The Morgan fingerprint density at radius 1 is 1.47 bits per heavy atom. The van der Waals surface area contributed by atoms with Crippen molar-refractivity contribution in [2.24, 2.45) is 11.5 Å².